The Hall–Kier alpha value is -2.22. The van der Waals surface area contributed by atoms with Crippen LogP contribution in [0.4, 0.5) is 13.6 Å². The van der Waals surface area contributed by atoms with Crippen molar-refractivity contribution in [3.63, 3.8) is 0 Å². The van der Waals surface area contributed by atoms with E-state index < -0.39 is 30.9 Å². The van der Waals surface area contributed by atoms with E-state index in [9.17, 15) is 18.4 Å². The molecule has 0 aromatic heterocycles. The number of morpholine rings is 1. The number of urea groups is 1. The van der Waals surface area contributed by atoms with Gasteiger partial charge in [-0.05, 0) is 17.7 Å². The van der Waals surface area contributed by atoms with E-state index in [1.165, 1.54) is 17.0 Å². The minimum absolute atomic E-state index is 0.102. The van der Waals surface area contributed by atoms with Crippen molar-refractivity contribution in [2.24, 2.45) is 0 Å². The summed E-state index contributed by atoms with van der Waals surface area (Å²) in [7, 11) is 0. The van der Waals surface area contributed by atoms with Gasteiger partial charge in [-0.1, -0.05) is 12.1 Å². The Kier molecular flexibility index (Phi) is 5.86. The van der Waals surface area contributed by atoms with Crippen molar-refractivity contribution in [1.29, 1.82) is 0 Å². The molecule has 1 unspecified atom stereocenters. The van der Waals surface area contributed by atoms with Crippen LogP contribution in [0.15, 0.2) is 24.3 Å². The topological polar surface area (TPSA) is 78.9 Å². The lowest BCUT2D eigenvalue weighted by Crippen LogP contribution is -2.52. The van der Waals surface area contributed by atoms with Gasteiger partial charge in [0.1, 0.15) is 0 Å². The highest BCUT2D eigenvalue weighted by Crippen LogP contribution is 2.15. The van der Waals surface area contributed by atoms with E-state index in [1.54, 1.807) is 12.1 Å². The summed E-state index contributed by atoms with van der Waals surface area (Å²) in [5.41, 5.74) is 0.882. The van der Waals surface area contributed by atoms with E-state index in [0.717, 1.165) is 5.56 Å². The number of carbonyl (C=O) groups excluding carboxylic acids is 1. The summed E-state index contributed by atoms with van der Waals surface area (Å²) in [5.74, 6) is -1.02. The van der Waals surface area contributed by atoms with Gasteiger partial charge in [0.2, 0.25) is 6.43 Å². The summed E-state index contributed by atoms with van der Waals surface area (Å²) in [6.45, 7) is 0.879. The number of carboxylic acid groups (broad SMARTS) is 1. The first-order valence-corrected chi connectivity index (χ1v) is 7.20. The zero-order valence-electron chi connectivity index (χ0n) is 12.4. The molecule has 0 aliphatic carbocycles. The highest BCUT2D eigenvalue weighted by atomic mass is 19.3. The van der Waals surface area contributed by atoms with Crippen molar-refractivity contribution in [2.75, 3.05) is 19.8 Å². The van der Waals surface area contributed by atoms with Crippen molar-refractivity contribution < 1.29 is 28.2 Å². The number of nitrogens with zero attached hydrogens (tertiary/aromatic N) is 1. The monoisotopic (exact) mass is 328 g/mol. The number of rotatable bonds is 5. The van der Waals surface area contributed by atoms with Crippen molar-refractivity contribution in [3.05, 3.63) is 35.4 Å². The third-order valence-electron chi connectivity index (χ3n) is 3.58. The maximum absolute atomic E-state index is 12.5. The van der Waals surface area contributed by atoms with Crippen molar-refractivity contribution in [1.82, 2.24) is 10.2 Å². The molecule has 0 bridgehead atoms. The van der Waals surface area contributed by atoms with E-state index in [1.807, 2.05) is 0 Å². The third kappa shape index (κ3) is 4.88. The van der Waals surface area contributed by atoms with Gasteiger partial charge in [-0.25, -0.2) is 18.4 Å². The fourth-order valence-corrected chi connectivity index (χ4v) is 2.37. The summed E-state index contributed by atoms with van der Waals surface area (Å²) < 4.78 is 30.2. The fraction of sp³-hybridized carbons (Fsp3) is 0.467. The molecule has 2 rings (SSSR count). The minimum Gasteiger partial charge on any atom is -0.478 e. The van der Waals surface area contributed by atoms with Crippen molar-refractivity contribution in [3.8, 4) is 0 Å². The van der Waals surface area contributed by atoms with Gasteiger partial charge in [-0.2, -0.15) is 0 Å². The lowest BCUT2D eigenvalue weighted by molar-refractivity contribution is -0.0122. The number of aromatic carboxylic acids is 1. The SMILES string of the molecule is O=C(O)c1ccc(CNC(=O)N2CCOCC2CC(F)F)cc1. The molecule has 0 radical (unpaired) electrons. The van der Waals surface area contributed by atoms with Crippen LogP contribution in [0.3, 0.4) is 0 Å². The summed E-state index contributed by atoms with van der Waals surface area (Å²) in [6.07, 6.45) is -2.92. The average Bonchev–Trinajstić information content (AvgIpc) is 2.53. The summed E-state index contributed by atoms with van der Waals surface area (Å²) in [5, 5.41) is 11.5. The Labute approximate surface area is 132 Å². The van der Waals surface area contributed by atoms with E-state index in [2.05, 4.69) is 5.32 Å². The number of amides is 2. The lowest BCUT2D eigenvalue weighted by Gasteiger charge is -2.35. The minimum atomic E-state index is -2.50. The second-order valence-electron chi connectivity index (χ2n) is 5.21. The largest absolute Gasteiger partial charge is 0.478 e. The Bertz CT molecular complexity index is 551. The molecular weight excluding hydrogens is 310 g/mol. The number of hydrogen-bond donors (Lipinski definition) is 2. The van der Waals surface area contributed by atoms with E-state index in [-0.39, 0.29) is 25.3 Å². The summed E-state index contributed by atoms with van der Waals surface area (Å²) in [4.78, 5) is 24.3. The molecule has 6 nitrogen and oxygen atoms in total. The molecule has 1 saturated heterocycles. The number of benzene rings is 1. The normalized spacial score (nSPS) is 18.0. The second-order valence-corrected chi connectivity index (χ2v) is 5.21. The van der Waals surface area contributed by atoms with Crippen molar-refractivity contribution in [2.45, 2.75) is 25.4 Å². The van der Waals surface area contributed by atoms with Gasteiger partial charge in [0, 0.05) is 19.5 Å². The van der Waals surface area contributed by atoms with Gasteiger partial charge in [0.25, 0.3) is 0 Å². The highest BCUT2D eigenvalue weighted by Gasteiger charge is 2.29. The highest BCUT2D eigenvalue weighted by molar-refractivity contribution is 5.87. The Morgan fingerprint density at radius 2 is 2.04 bits per heavy atom. The molecule has 8 heteroatoms. The average molecular weight is 328 g/mol. The van der Waals surface area contributed by atoms with Crippen molar-refractivity contribution >= 4 is 12.0 Å². The van der Waals surface area contributed by atoms with Crippen LogP contribution in [0.2, 0.25) is 0 Å². The maximum Gasteiger partial charge on any atom is 0.335 e. The van der Waals surface area contributed by atoms with Crippen LogP contribution in [0.1, 0.15) is 22.3 Å². The zero-order valence-corrected chi connectivity index (χ0v) is 12.4. The molecule has 1 aliphatic heterocycles. The van der Waals surface area contributed by atoms with Crippen LogP contribution < -0.4 is 5.32 Å². The van der Waals surface area contributed by atoms with Gasteiger partial charge < -0.3 is 20.1 Å². The van der Waals surface area contributed by atoms with Gasteiger partial charge in [-0.3, -0.25) is 0 Å². The Morgan fingerprint density at radius 3 is 2.65 bits per heavy atom. The van der Waals surface area contributed by atoms with Gasteiger partial charge in [0.15, 0.2) is 0 Å². The second kappa shape index (κ2) is 7.87. The van der Waals surface area contributed by atoms with Crippen LogP contribution in [0.25, 0.3) is 0 Å². The predicted octanol–water partition coefficient (Wildman–Crippen LogP) is 1.95. The Balaban J connectivity index is 1.90. The molecule has 1 aliphatic rings. The fourth-order valence-electron chi connectivity index (χ4n) is 2.37. The number of nitrogens with one attached hydrogen (secondary N) is 1. The first kappa shape index (κ1) is 17.1. The number of alkyl halides is 2. The molecule has 1 atom stereocenters. The molecule has 1 fully saturated rings. The number of hydrogen-bond acceptors (Lipinski definition) is 3. The van der Waals surface area contributed by atoms with Gasteiger partial charge in [-0.15, -0.1) is 0 Å². The molecule has 2 N–H and O–H groups in total. The number of carboxylic acids is 1. The molecule has 1 aromatic carbocycles. The summed E-state index contributed by atoms with van der Waals surface area (Å²) in [6, 6.07) is 5.01. The first-order chi connectivity index (χ1) is 11.0. The van der Waals surface area contributed by atoms with Crippen LogP contribution in [0, 0.1) is 0 Å². The molecule has 0 spiro atoms. The molecule has 1 heterocycles. The third-order valence-corrected chi connectivity index (χ3v) is 3.58. The summed E-state index contributed by atoms with van der Waals surface area (Å²) >= 11 is 0. The molecule has 0 saturated carbocycles. The predicted molar refractivity (Wildman–Crippen MR) is 77.6 cm³/mol. The number of carbonyl (C=O) groups is 2. The molecular formula is C15H18F2N2O4. The molecule has 23 heavy (non-hydrogen) atoms. The molecule has 1 aromatic rings. The standard InChI is InChI=1S/C15H18F2N2O4/c16-13(17)7-12-9-23-6-5-19(12)15(22)18-8-10-1-3-11(4-2-10)14(20)21/h1-4,12-13H,5-9H2,(H,18,22)(H,20,21). The van der Waals surface area contributed by atoms with E-state index in [4.69, 9.17) is 9.84 Å². The zero-order chi connectivity index (χ0) is 16.8. The lowest BCUT2D eigenvalue weighted by atomic mass is 10.1. The first-order valence-electron chi connectivity index (χ1n) is 7.20. The Morgan fingerprint density at radius 1 is 1.35 bits per heavy atom. The van der Waals surface area contributed by atoms with E-state index >= 15 is 0 Å². The number of halogens is 2. The van der Waals surface area contributed by atoms with Crippen LogP contribution in [-0.2, 0) is 11.3 Å². The van der Waals surface area contributed by atoms with Crippen LogP contribution >= 0.6 is 0 Å². The quantitative estimate of drug-likeness (QED) is 0.866. The van der Waals surface area contributed by atoms with Crippen LogP contribution in [-0.4, -0.2) is 54.2 Å². The smallest absolute Gasteiger partial charge is 0.335 e. The van der Waals surface area contributed by atoms with Gasteiger partial charge >= 0.3 is 12.0 Å². The van der Waals surface area contributed by atoms with Gasteiger partial charge in [0.05, 0.1) is 24.8 Å². The number of ether oxygens (including phenoxy) is 1. The maximum atomic E-state index is 12.5. The molecule has 126 valence electrons. The van der Waals surface area contributed by atoms with E-state index in [0.29, 0.717) is 6.61 Å². The van der Waals surface area contributed by atoms with Crippen LogP contribution in [0.5, 0.6) is 0 Å². The molecule has 2 amide bonds.